The van der Waals surface area contributed by atoms with Crippen molar-refractivity contribution in [3.05, 3.63) is 53.4 Å². The van der Waals surface area contributed by atoms with Gasteiger partial charge in [-0.1, -0.05) is 16.8 Å². The van der Waals surface area contributed by atoms with Gasteiger partial charge in [-0.2, -0.15) is 4.98 Å². The van der Waals surface area contributed by atoms with E-state index in [2.05, 4.69) is 15.5 Å². The Morgan fingerprint density at radius 1 is 1.21 bits per heavy atom. The van der Waals surface area contributed by atoms with Gasteiger partial charge in [0.25, 0.3) is 0 Å². The Morgan fingerprint density at radius 3 is 2.66 bits per heavy atom. The van der Waals surface area contributed by atoms with Crippen LogP contribution < -0.4 is 14.8 Å². The smallest absolute Gasteiger partial charge is 0.246 e. The van der Waals surface area contributed by atoms with Gasteiger partial charge in [0.05, 0.1) is 31.6 Å². The van der Waals surface area contributed by atoms with Crippen LogP contribution in [-0.2, 0) is 11.3 Å². The standard InChI is InChI=1S/C20H20ClN3O4S/c1-12(29-15-7-4-13(21)5-8-15)20(25)22-11-18-23-19(24-28-18)16-9-6-14(26-2)10-17(16)27-3/h4-10,12H,11H2,1-3H3,(H,22,25)/t12-/m0/s1. The van der Waals surface area contributed by atoms with Crippen LogP contribution in [0.4, 0.5) is 0 Å². The van der Waals surface area contributed by atoms with Crippen LogP contribution in [0.1, 0.15) is 12.8 Å². The molecule has 3 aromatic rings. The maximum absolute atomic E-state index is 12.4. The molecule has 0 saturated heterocycles. The minimum Gasteiger partial charge on any atom is -0.497 e. The molecule has 1 atom stereocenters. The monoisotopic (exact) mass is 433 g/mol. The van der Waals surface area contributed by atoms with Crippen LogP contribution in [-0.4, -0.2) is 35.5 Å². The average Bonchev–Trinajstić information content (AvgIpc) is 3.21. The highest BCUT2D eigenvalue weighted by molar-refractivity contribution is 8.00. The Bertz CT molecular complexity index is 978. The van der Waals surface area contributed by atoms with E-state index in [0.29, 0.717) is 33.8 Å². The summed E-state index contributed by atoms with van der Waals surface area (Å²) >= 11 is 7.32. The molecular weight excluding hydrogens is 414 g/mol. The van der Waals surface area contributed by atoms with Crippen LogP contribution in [0.2, 0.25) is 5.02 Å². The number of carbonyl (C=O) groups is 1. The fourth-order valence-electron chi connectivity index (χ4n) is 2.50. The Hall–Kier alpha value is -2.71. The molecule has 7 nitrogen and oxygen atoms in total. The lowest BCUT2D eigenvalue weighted by Crippen LogP contribution is -2.30. The third kappa shape index (κ3) is 5.42. The van der Waals surface area contributed by atoms with Crippen molar-refractivity contribution < 1.29 is 18.8 Å². The number of halogens is 1. The first-order chi connectivity index (χ1) is 14.0. The number of hydrogen-bond donors (Lipinski definition) is 1. The average molecular weight is 434 g/mol. The van der Waals surface area contributed by atoms with Crippen LogP contribution in [0.25, 0.3) is 11.4 Å². The molecule has 2 aromatic carbocycles. The van der Waals surface area contributed by atoms with Gasteiger partial charge in [-0.15, -0.1) is 11.8 Å². The van der Waals surface area contributed by atoms with Crippen molar-refractivity contribution in [3.63, 3.8) is 0 Å². The zero-order valence-electron chi connectivity index (χ0n) is 16.1. The number of nitrogens with one attached hydrogen (secondary N) is 1. The van der Waals surface area contributed by atoms with E-state index < -0.39 is 0 Å². The highest BCUT2D eigenvalue weighted by Gasteiger charge is 2.17. The molecule has 0 aliphatic rings. The lowest BCUT2D eigenvalue weighted by atomic mass is 10.2. The predicted molar refractivity (Wildman–Crippen MR) is 111 cm³/mol. The van der Waals surface area contributed by atoms with E-state index in [-0.39, 0.29) is 17.7 Å². The van der Waals surface area contributed by atoms with Crippen molar-refractivity contribution in [2.75, 3.05) is 14.2 Å². The van der Waals surface area contributed by atoms with Gasteiger partial charge in [-0.05, 0) is 43.3 Å². The second kappa shape index (κ2) is 9.67. The minimum absolute atomic E-state index is 0.133. The fraction of sp³-hybridized carbons (Fsp3) is 0.250. The molecule has 3 rings (SSSR count). The molecule has 0 spiro atoms. The molecule has 0 unspecified atom stereocenters. The Kier molecular flexibility index (Phi) is 7.00. The van der Waals surface area contributed by atoms with Crippen molar-refractivity contribution >= 4 is 29.3 Å². The lowest BCUT2D eigenvalue weighted by molar-refractivity contribution is -0.120. The van der Waals surface area contributed by atoms with Gasteiger partial charge in [0.15, 0.2) is 0 Å². The summed E-state index contributed by atoms with van der Waals surface area (Å²) in [6.07, 6.45) is 0. The number of hydrogen-bond acceptors (Lipinski definition) is 7. The topological polar surface area (TPSA) is 86.5 Å². The third-order valence-corrected chi connectivity index (χ3v) is 5.39. The zero-order chi connectivity index (χ0) is 20.8. The van der Waals surface area contributed by atoms with Crippen LogP contribution in [0, 0.1) is 0 Å². The third-order valence-electron chi connectivity index (χ3n) is 4.03. The van der Waals surface area contributed by atoms with Gasteiger partial charge < -0.3 is 19.3 Å². The second-order valence-corrected chi connectivity index (χ2v) is 7.86. The number of thioether (sulfide) groups is 1. The quantitative estimate of drug-likeness (QED) is 0.532. The number of rotatable bonds is 8. The molecule has 9 heteroatoms. The Morgan fingerprint density at radius 2 is 1.97 bits per heavy atom. The largest absolute Gasteiger partial charge is 0.497 e. The van der Waals surface area contributed by atoms with Crippen molar-refractivity contribution in [3.8, 4) is 22.9 Å². The predicted octanol–water partition coefficient (Wildman–Crippen LogP) is 4.20. The molecule has 1 aromatic heterocycles. The normalized spacial score (nSPS) is 11.7. The number of benzene rings is 2. The van der Waals surface area contributed by atoms with Crippen molar-refractivity contribution in [1.82, 2.24) is 15.5 Å². The first-order valence-electron chi connectivity index (χ1n) is 8.75. The van der Waals surface area contributed by atoms with Crippen LogP contribution in [0.3, 0.4) is 0 Å². The van der Waals surface area contributed by atoms with Crippen LogP contribution in [0.15, 0.2) is 51.9 Å². The zero-order valence-corrected chi connectivity index (χ0v) is 17.7. The first kappa shape index (κ1) is 21.0. The van der Waals surface area contributed by atoms with Gasteiger partial charge >= 0.3 is 0 Å². The van der Waals surface area contributed by atoms with Crippen molar-refractivity contribution in [2.24, 2.45) is 0 Å². The summed E-state index contributed by atoms with van der Waals surface area (Å²) < 4.78 is 15.8. The van der Waals surface area contributed by atoms with Gasteiger partial charge in [0.2, 0.25) is 17.6 Å². The van der Waals surface area contributed by atoms with E-state index >= 15 is 0 Å². The van der Waals surface area contributed by atoms with E-state index in [1.54, 1.807) is 44.6 Å². The van der Waals surface area contributed by atoms with Gasteiger partial charge in [-0.3, -0.25) is 4.79 Å². The first-order valence-corrected chi connectivity index (χ1v) is 10.0. The van der Waals surface area contributed by atoms with E-state index in [9.17, 15) is 4.79 Å². The maximum atomic E-state index is 12.4. The molecule has 0 saturated carbocycles. The van der Waals surface area contributed by atoms with E-state index in [1.165, 1.54) is 11.8 Å². The number of methoxy groups -OCH3 is 2. The Balaban J connectivity index is 1.60. The van der Waals surface area contributed by atoms with Crippen LogP contribution in [0.5, 0.6) is 11.5 Å². The van der Waals surface area contributed by atoms with Crippen molar-refractivity contribution in [1.29, 1.82) is 0 Å². The van der Waals surface area contributed by atoms with Crippen LogP contribution >= 0.6 is 23.4 Å². The number of amides is 1. The number of aromatic nitrogens is 2. The molecule has 0 fully saturated rings. The summed E-state index contributed by atoms with van der Waals surface area (Å²) in [5.41, 5.74) is 0.668. The molecule has 1 amide bonds. The highest BCUT2D eigenvalue weighted by Crippen LogP contribution is 2.31. The number of carbonyl (C=O) groups excluding carboxylic acids is 1. The number of ether oxygens (including phenoxy) is 2. The molecule has 0 aliphatic carbocycles. The number of nitrogens with zero attached hydrogens (tertiary/aromatic N) is 2. The summed E-state index contributed by atoms with van der Waals surface area (Å²) in [6.45, 7) is 1.96. The van der Waals surface area contributed by atoms with Gasteiger partial charge in [0.1, 0.15) is 11.5 Å². The highest BCUT2D eigenvalue weighted by atomic mass is 35.5. The summed E-state index contributed by atoms with van der Waals surface area (Å²) in [5.74, 6) is 1.77. The van der Waals surface area contributed by atoms with Crippen molar-refractivity contribution in [2.45, 2.75) is 23.6 Å². The molecule has 0 bridgehead atoms. The fourth-order valence-corrected chi connectivity index (χ4v) is 3.51. The molecular formula is C20H20ClN3O4S. The summed E-state index contributed by atoms with van der Waals surface area (Å²) in [7, 11) is 3.13. The summed E-state index contributed by atoms with van der Waals surface area (Å²) in [5, 5.41) is 7.15. The summed E-state index contributed by atoms with van der Waals surface area (Å²) in [4.78, 5) is 17.7. The van der Waals surface area contributed by atoms with Gasteiger partial charge in [0, 0.05) is 16.0 Å². The maximum Gasteiger partial charge on any atom is 0.246 e. The second-order valence-electron chi connectivity index (χ2n) is 6.01. The summed E-state index contributed by atoms with van der Waals surface area (Å²) in [6, 6.07) is 12.7. The molecule has 152 valence electrons. The Labute approximate surface area is 177 Å². The lowest BCUT2D eigenvalue weighted by Gasteiger charge is -2.10. The van der Waals surface area contributed by atoms with E-state index in [0.717, 1.165) is 4.90 Å². The molecule has 1 N–H and O–H groups in total. The molecule has 0 radical (unpaired) electrons. The van der Waals surface area contributed by atoms with E-state index in [1.807, 2.05) is 19.1 Å². The SMILES string of the molecule is COc1ccc(-c2noc(CNC(=O)[C@H](C)Sc3ccc(Cl)cc3)n2)c(OC)c1. The molecule has 0 aliphatic heterocycles. The molecule has 29 heavy (non-hydrogen) atoms. The molecule has 1 heterocycles. The minimum atomic E-state index is -0.291. The van der Waals surface area contributed by atoms with Gasteiger partial charge in [-0.25, -0.2) is 0 Å². The van der Waals surface area contributed by atoms with E-state index in [4.69, 9.17) is 25.6 Å².